The molecule has 2 aromatic carbocycles. The number of rotatable bonds is 4. The fourth-order valence-electron chi connectivity index (χ4n) is 2.63. The van der Waals surface area contributed by atoms with Crippen molar-refractivity contribution >= 4 is 28.7 Å². The fraction of sp³-hybridized carbons (Fsp3) is 0.111. The SMILES string of the molecule is N=Cc1c(=O)[nH]c(SCc2ccccc2C(F)(F)F)c2cc(F)ccc12. The molecule has 0 atom stereocenters. The van der Waals surface area contributed by atoms with E-state index in [2.05, 4.69) is 4.98 Å². The Bertz CT molecular complexity index is 1040. The molecule has 8 heteroatoms. The maximum atomic E-state index is 13.6. The summed E-state index contributed by atoms with van der Waals surface area (Å²) in [5, 5.41) is 8.33. The van der Waals surface area contributed by atoms with Gasteiger partial charge in [0.05, 0.1) is 16.2 Å². The van der Waals surface area contributed by atoms with E-state index in [4.69, 9.17) is 5.41 Å². The molecule has 0 bridgehead atoms. The number of hydrogen-bond acceptors (Lipinski definition) is 3. The number of thioether (sulfide) groups is 1. The summed E-state index contributed by atoms with van der Waals surface area (Å²) in [7, 11) is 0. The van der Waals surface area contributed by atoms with Gasteiger partial charge in [0.1, 0.15) is 5.82 Å². The van der Waals surface area contributed by atoms with Crippen molar-refractivity contribution in [2.75, 3.05) is 0 Å². The lowest BCUT2D eigenvalue weighted by atomic mass is 10.1. The first kappa shape index (κ1) is 18.2. The first-order valence-electron chi connectivity index (χ1n) is 7.45. The summed E-state index contributed by atoms with van der Waals surface area (Å²) >= 11 is 0.978. The normalized spacial score (nSPS) is 11.7. The number of hydrogen-bond donors (Lipinski definition) is 2. The van der Waals surface area contributed by atoms with Gasteiger partial charge in [0.2, 0.25) is 0 Å². The molecular weight excluding hydrogens is 368 g/mol. The second kappa shape index (κ2) is 6.95. The van der Waals surface area contributed by atoms with Gasteiger partial charge >= 0.3 is 6.18 Å². The second-order valence-electron chi connectivity index (χ2n) is 5.47. The zero-order chi connectivity index (χ0) is 18.9. The predicted molar refractivity (Wildman–Crippen MR) is 93.4 cm³/mol. The first-order chi connectivity index (χ1) is 12.3. The molecule has 1 heterocycles. The maximum absolute atomic E-state index is 13.6. The average Bonchev–Trinajstić information content (AvgIpc) is 2.59. The number of H-pyrrole nitrogens is 1. The monoisotopic (exact) mass is 380 g/mol. The highest BCUT2D eigenvalue weighted by molar-refractivity contribution is 7.98. The largest absolute Gasteiger partial charge is 0.416 e. The number of alkyl halides is 3. The molecule has 0 amide bonds. The van der Waals surface area contributed by atoms with E-state index in [0.717, 1.165) is 24.0 Å². The molecule has 3 rings (SSSR count). The summed E-state index contributed by atoms with van der Waals surface area (Å²) in [5.74, 6) is -0.598. The van der Waals surface area contributed by atoms with Crippen molar-refractivity contribution in [3.63, 3.8) is 0 Å². The van der Waals surface area contributed by atoms with Crippen LogP contribution in [0.4, 0.5) is 17.6 Å². The highest BCUT2D eigenvalue weighted by Gasteiger charge is 2.32. The summed E-state index contributed by atoms with van der Waals surface area (Å²) in [6.07, 6.45) is -3.62. The van der Waals surface area contributed by atoms with Gasteiger partial charge in [-0.2, -0.15) is 13.2 Å². The molecule has 0 aliphatic carbocycles. The van der Waals surface area contributed by atoms with E-state index in [-0.39, 0.29) is 21.9 Å². The Morgan fingerprint density at radius 2 is 1.85 bits per heavy atom. The topological polar surface area (TPSA) is 56.7 Å². The summed E-state index contributed by atoms with van der Waals surface area (Å²) in [4.78, 5) is 14.6. The van der Waals surface area contributed by atoms with Crippen LogP contribution in [0.1, 0.15) is 16.7 Å². The highest BCUT2D eigenvalue weighted by atomic mass is 32.2. The molecule has 2 N–H and O–H groups in total. The number of aromatic amines is 1. The number of pyridine rings is 1. The molecule has 26 heavy (non-hydrogen) atoms. The van der Waals surface area contributed by atoms with E-state index in [1.165, 1.54) is 36.4 Å². The lowest BCUT2D eigenvalue weighted by Gasteiger charge is -2.13. The van der Waals surface area contributed by atoms with E-state index in [1.54, 1.807) is 0 Å². The van der Waals surface area contributed by atoms with Crippen LogP contribution in [0.2, 0.25) is 0 Å². The van der Waals surface area contributed by atoms with Crippen LogP contribution in [0.3, 0.4) is 0 Å². The Morgan fingerprint density at radius 1 is 1.12 bits per heavy atom. The number of benzene rings is 2. The molecule has 0 aliphatic rings. The van der Waals surface area contributed by atoms with Crippen LogP contribution >= 0.6 is 11.8 Å². The molecule has 0 aliphatic heterocycles. The molecule has 0 saturated heterocycles. The molecular formula is C18H12F4N2OS. The molecule has 3 aromatic rings. The minimum absolute atomic E-state index is 0.0544. The minimum Gasteiger partial charge on any atom is -0.316 e. The first-order valence-corrected chi connectivity index (χ1v) is 8.43. The third-order valence-electron chi connectivity index (χ3n) is 3.83. The third-order valence-corrected chi connectivity index (χ3v) is 4.89. The molecule has 0 fully saturated rings. The zero-order valence-electron chi connectivity index (χ0n) is 13.2. The van der Waals surface area contributed by atoms with Gasteiger partial charge in [-0.1, -0.05) is 24.3 Å². The molecule has 0 radical (unpaired) electrons. The smallest absolute Gasteiger partial charge is 0.316 e. The van der Waals surface area contributed by atoms with Gasteiger partial charge in [-0.25, -0.2) is 4.39 Å². The summed E-state index contributed by atoms with van der Waals surface area (Å²) < 4.78 is 52.9. The van der Waals surface area contributed by atoms with Crippen LogP contribution in [0.25, 0.3) is 10.8 Å². The Hall–Kier alpha value is -2.61. The maximum Gasteiger partial charge on any atom is 0.416 e. The molecule has 0 unspecified atom stereocenters. The van der Waals surface area contributed by atoms with Gasteiger partial charge in [-0.3, -0.25) is 4.79 Å². The van der Waals surface area contributed by atoms with E-state index >= 15 is 0 Å². The summed E-state index contributed by atoms with van der Waals surface area (Å²) in [6.45, 7) is 0. The van der Waals surface area contributed by atoms with Gasteiger partial charge in [0.15, 0.2) is 0 Å². The zero-order valence-corrected chi connectivity index (χ0v) is 14.0. The van der Waals surface area contributed by atoms with Crippen LogP contribution in [-0.4, -0.2) is 11.2 Å². The number of nitrogens with one attached hydrogen (secondary N) is 2. The van der Waals surface area contributed by atoms with Gasteiger partial charge in [-0.15, -0.1) is 11.8 Å². The Kier molecular flexibility index (Phi) is 4.86. The quantitative estimate of drug-likeness (QED) is 0.381. The van der Waals surface area contributed by atoms with E-state index < -0.39 is 23.1 Å². The van der Waals surface area contributed by atoms with E-state index in [9.17, 15) is 22.4 Å². The Balaban J connectivity index is 2.05. The number of aromatic nitrogens is 1. The van der Waals surface area contributed by atoms with Crippen molar-refractivity contribution in [3.8, 4) is 0 Å². The third kappa shape index (κ3) is 3.50. The number of fused-ring (bicyclic) bond motifs is 1. The van der Waals surface area contributed by atoms with Crippen LogP contribution in [0.5, 0.6) is 0 Å². The van der Waals surface area contributed by atoms with Crippen molar-refractivity contribution in [3.05, 3.63) is 75.3 Å². The van der Waals surface area contributed by atoms with Crippen molar-refractivity contribution < 1.29 is 17.6 Å². The standard InChI is InChI=1S/C18H12F4N2OS/c19-11-5-6-12-13(7-11)17(24-16(25)14(12)8-23)26-9-10-3-1-2-4-15(10)18(20,21)22/h1-8,23H,9H2,(H,24,25). The number of halogens is 4. The van der Waals surface area contributed by atoms with Crippen molar-refractivity contribution in [1.82, 2.24) is 4.98 Å². The highest BCUT2D eigenvalue weighted by Crippen LogP contribution is 2.35. The molecule has 3 nitrogen and oxygen atoms in total. The van der Waals surface area contributed by atoms with Gasteiger partial charge in [0, 0.05) is 17.4 Å². The van der Waals surface area contributed by atoms with Gasteiger partial charge < -0.3 is 10.4 Å². The lowest BCUT2D eigenvalue weighted by Crippen LogP contribution is -2.14. The summed E-state index contributed by atoms with van der Waals surface area (Å²) in [5.41, 5.74) is -1.17. The Labute approximate surface area is 149 Å². The van der Waals surface area contributed by atoms with Crippen molar-refractivity contribution in [1.29, 1.82) is 5.41 Å². The van der Waals surface area contributed by atoms with E-state index in [1.807, 2.05) is 0 Å². The molecule has 134 valence electrons. The predicted octanol–water partition coefficient (Wildman–Crippen LogP) is 4.98. The fourth-order valence-corrected chi connectivity index (χ4v) is 3.67. The molecule has 1 aromatic heterocycles. The van der Waals surface area contributed by atoms with Crippen LogP contribution < -0.4 is 5.56 Å². The average molecular weight is 380 g/mol. The molecule has 0 saturated carbocycles. The summed E-state index contributed by atoms with van der Waals surface area (Å²) in [6, 6.07) is 8.91. The van der Waals surface area contributed by atoms with E-state index in [0.29, 0.717) is 10.8 Å². The van der Waals surface area contributed by atoms with Crippen LogP contribution in [0.15, 0.2) is 52.3 Å². The van der Waals surface area contributed by atoms with Crippen molar-refractivity contribution in [2.24, 2.45) is 0 Å². The minimum atomic E-state index is -4.48. The van der Waals surface area contributed by atoms with Crippen molar-refractivity contribution in [2.45, 2.75) is 17.0 Å². The molecule has 0 spiro atoms. The lowest BCUT2D eigenvalue weighted by molar-refractivity contribution is -0.138. The van der Waals surface area contributed by atoms with Gasteiger partial charge in [-0.05, 0) is 29.1 Å². The van der Waals surface area contributed by atoms with Crippen LogP contribution in [0, 0.1) is 11.2 Å². The van der Waals surface area contributed by atoms with Crippen LogP contribution in [-0.2, 0) is 11.9 Å². The second-order valence-corrected chi connectivity index (χ2v) is 6.46. The Morgan fingerprint density at radius 3 is 2.54 bits per heavy atom. The van der Waals surface area contributed by atoms with Gasteiger partial charge in [0.25, 0.3) is 5.56 Å².